The minimum atomic E-state index is -1.01. The molecule has 4 rings (SSSR count). The van der Waals surface area contributed by atoms with Gasteiger partial charge >= 0.3 is 12.1 Å². The van der Waals surface area contributed by atoms with Crippen molar-refractivity contribution >= 4 is 23.7 Å². The summed E-state index contributed by atoms with van der Waals surface area (Å²) < 4.78 is 9.86. The Morgan fingerprint density at radius 1 is 0.968 bits per heavy atom. The predicted molar refractivity (Wildman–Crippen MR) is 119 cm³/mol. The quantitative estimate of drug-likeness (QED) is 0.316. The number of hydrogen-bond acceptors (Lipinski definition) is 5. The Bertz CT molecular complexity index is 1130. The molecule has 0 fully saturated rings. The van der Waals surface area contributed by atoms with Crippen LogP contribution in [0, 0.1) is 0 Å². The molecule has 0 amide bonds. The molecule has 0 spiro atoms. The summed E-state index contributed by atoms with van der Waals surface area (Å²) in [5.41, 5.74) is 12.7. The topological polar surface area (TPSA) is 78.6 Å². The Labute approximate surface area is 185 Å². The molecule has 1 aliphatic carbocycles. The van der Waals surface area contributed by atoms with E-state index >= 15 is 0 Å². The van der Waals surface area contributed by atoms with Gasteiger partial charge in [0.25, 0.3) is 0 Å². The largest absolute Gasteiger partial charge is 0.516 e. The van der Waals surface area contributed by atoms with Gasteiger partial charge in [0, 0.05) is 17.5 Å². The molecule has 0 aliphatic heterocycles. The van der Waals surface area contributed by atoms with Crippen LogP contribution in [0.1, 0.15) is 41.1 Å². The van der Waals surface area contributed by atoms with E-state index in [9.17, 15) is 9.59 Å². The van der Waals surface area contributed by atoms with Crippen molar-refractivity contribution in [1.29, 1.82) is 0 Å². The Balaban J connectivity index is 1.24. The van der Waals surface area contributed by atoms with Crippen molar-refractivity contribution in [3.63, 3.8) is 0 Å². The van der Waals surface area contributed by atoms with Gasteiger partial charge in [-0.25, -0.2) is 4.79 Å². The van der Waals surface area contributed by atoms with Crippen LogP contribution >= 0.6 is 11.6 Å². The van der Waals surface area contributed by atoms with Crippen LogP contribution in [0.2, 0.25) is 5.02 Å². The zero-order valence-corrected chi connectivity index (χ0v) is 17.6. The summed E-state index contributed by atoms with van der Waals surface area (Å²) in [4.78, 5) is 23.8. The van der Waals surface area contributed by atoms with E-state index in [-0.39, 0.29) is 19.1 Å². The van der Waals surface area contributed by atoms with Gasteiger partial charge in [-0.1, -0.05) is 66.2 Å². The summed E-state index contributed by atoms with van der Waals surface area (Å²) in [7, 11) is 0. The molecule has 0 radical (unpaired) electrons. The summed E-state index contributed by atoms with van der Waals surface area (Å²) in [5.74, 6) is -0.674. The lowest BCUT2D eigenvalue weighted by molar-refractivity contribution is -0.140. The van der Waals surface area contributed by atoms with Gasteiger partial charge in [-0.15, -0.1) is 0 Å². The van der Waals surface area contributed by atoms with Gasteiger partial charge < -0.3 is 15.2 Å². The van der Waals surface area contributed by atoms with Crippen LogP contribution in [-0.4, -0.2) is 12.1 Å². The fraction of sp³-hybridized carbons (Fsp3) is 0.200. The number of rotatable bonds is 6. The molecule has 0 saturated carbocycles. The van der Waals surface area contributed by atoms with Crippen LogP contribution in [0.25, 0.3) is 11.1 Å². The molecule has 0 saturated heterocycles. The summed E-state index contributed by atoms with van der Waals surface area (Å²) in [6, 6.07) is 21.0. The lowest BCUT2D eigenvalue weighted by atomic mass is 10.0. The monoisotopic (exact) mass is 435 g/mol. The fourth-order valence-electron chi connectivity index (χ4n) is 3.78. The second kappa shape index (κ2) is 9.33. The number of esters is 1. The van der Waals surface area contributed by atoms with Gasteiger partial charge in [0.1, 0.15) is 6.61 Å². The van der Waals surface area contributed by atoms with Crippen molar-refractivity contribution in [3.8, 4) is 11.1 Å². The molecule has 0 aromatic heterocycles. The Morgan fingerprint density at radius 3 is 2.61 bits per heavy atom. The summed E-state index contributed by atoms with van der Waals surface area (Å²) in [5, 5.41) is 0.578. The molecular weight excluding hydrogens is 414 g/mol. The minimum absolute atomic E-state index is 0.000115. The smallest absolute Gasteiger partial charge is 0.429 e. The molecule has 2 N–H and O–H groups in total. The first-order valence-corrected chi connectivity index (χ1v) is 10.5. The van der Waals surface area contributed by atoms with Crippen LogP contribution in [0.15, 0.2) is 66.7 Å². The summed E-state index contributed by atoms with van der Waals surface area (Å²) in [6.45, 7) is 0.0395. The van der Waals surface area contributed by atoms with Gasteiger partial charge in [-0.05, 0) is 58.4 Å². The first-order valence-electron chi connectivity index (χ1n) is 10.1. The second-order valence-electron chi connectivity index (χ2n) is 7.54. The third kappa shape index (κ3) is 5.13. The normalized spacial score (nSPS) is 12.6. The number of carbonyl (C=O) groups excluding carboxylic acids is 2. The molecule has 3 aromatic rings. The molecule has 0 heterocycles. The highest BCUT2D eigenvalue weighted by atomic mass is 35.5. The first kappa shape index (κ1) is 21.1. The molecule has 1 atom stereocenters. The predicted octanol–water partition coefficient (Wildman–Crippen LogP) is 5.57. The van der Waals surface area contributed by atoms with Crippen LogP contribution < -0.4 is 5.73 Å². The zero-order valence-electron chi connectivity index (χ0n) is 16.8. The second-order valence-corrected chi connectivity index (χ2v) is 7.97. The Hall–Kier alpha value is -3.15. The van der Waals surface area contributed by atoms with Crippen LogP contribution in [-0.2, 0) is 27.3 Å². The number of hydrogen-bond donors (Lipinski definition) is 1. The minimum Gasteiger partial charge on any atom is -0.429 e. The maximum Gasteiger partial charge on any atom is 0.516 e. The van der Waals surface area contributed by atoms with E-state index in [1.807, 2.05) is 36.4 Å². The average Bonchev–Trinajstić information content (AvgIpc) is 3.14. The molecule has 1 aliphatic rings. The average molecular weight is 436 g/mol. The van der Waals surface area contributed by atoms with E-state index < -0.39 is 12.1 Å². The van der Waals surface area contributed by atoms with Crippen molar-refractivity contribution in [2.75, 3.05) is 0 Å². The van der Waals surface area contributed by atoms with Crippen molar-refractivity contribution in [1.82, 2.24) is 0 Å². The zero-order chi connectivity index (χ0) is 21.8. The number of nitrogens with two attached hydrogens (primary N) is 1. The Morgan fingerprint density at radius 2 is 1.77 bits per heavy atom. The summed E-state index contributed by atoms with van der Waals surface area (Å²) >= 11 is 5.95. The van der Waals surface area contributed by atoms with E-state index in [2.05, 4.69) is 12.1 Å². The van der Waals surface area contributed by atoms with Gasteiger partial charge in [0.15, 0.2) is 0 Å². The molecule has 158 valence electrons. The van der Waals surface area contributed by atoms with E-state index in [0.29, 0.717) is 11.4 Å². The van der Waals surface area contributed by atoms with Crippen LogP contribution in [0.5, 0.6) is 0 Å². The first-order chi connectivity index (χ1) is 15.0. The van der Waals surface area contributed by atoms with Crippen molar-refractivity contribution in [3.05, 3.63) is 94.0 Å². The molecule has 6 heteroatoms. The number of fused-ring (bicyclic) bond motifs is 3. The van der Waals surface area contributed by atoms with Crippen LogP contribution in [0.4, 0.5) is 4.79 Å². The lowest BCUT2D eigenvalue weighted by Crippen LogP contribution is -2.17. The van der Waals surface area contributed by atoms with Crippen molar-refractivity contribution < 1.29 is 19.1 Å². The van der Waals surface area contributed by atoms with Crippen molar-refractivity contribution in [2.45, 2.75) is 31.9 Å². The van der Waals surface area contributed by atoms with E-state index in [1.165, 1.54) is 22.3 Å². The van der Waals surface area contributed by atoms with E-state index in [4.69, 9.17) is 26.8 Å². The highest BCUT2D eigenvalue weighted by Crippen LogP contribution is 2.36. The third-order valence-electron chi connectivity index (χ3n) is 5.35. The SMILES string of the molecule is N[C@@H](CCC(=O)OC(=O)OCc1ccc2c(c1)Cc1ccccc1-2)c1cccc(Cl)c1. The van der Waals surface area contributed by atoms with Crippen molar-refractivity contribution in [2.24, 2.45) is 5.73 Å². The maximum absolute atomic E-state index is 11.9. The summed E-state index contributed by atoms with van der Waals surface area (Å²) in [6.07, 6.45) is 0.178. The van der Waals surface area contributed by atoms with Gasteiger partial charge in [-0.3, -0.25) is 4.79 Å². The fourth-order valence-corrected chi connectivity index (χ4v) is 3.98. The molecular formula is C25H22ClNO4. The highest BCUT2D eigenvalue weighted by Gasteiger charge is 2.19. The Kier molecular flexibility index (Phi) is 6.35. The maximum atomic E-state index is 11.9. The van der Waals surface area contributed by atoms with Gasteiger partial charge in [-0.2, -0.15) is 0 Å². The van der Waals surface area contributed by atoms with Gasteiger partial charge in [0.05, 0.1) is 0 Å². The van der Waals surface area contributed by atoms with E-state index in [0.717, 1.165) is 17.5 Å². The number of benzene rings is 3. The lowest BCUT2D eigenvalue weighted by Gasteiger charge is -2.11. The standard InChI is InChI=1S/C25H22ClNO4/c26-20-6-3-5-18(14-20)23(27)10-11-24(28)31-25(29)30-15-16-8-9-22-19(12-16)13-17-4-1-2-7-21(17)22/h1-9,12,14,23H,10-11,13,15,27H2/t23-/m0/s1. The number of ether oxygens (including phenoxy) is 2. The van der Waals surface area contributed by atoms with E-state index in [1.54, 1.807) is 18.2 Å². The molecule has 0 bridgehead atoms. The third-order valence-corrected chi connectivity index (χ3v) is 5.58. The molecule has 3 aromatic carbocycles. The molecule has 31 heavy (non-hydrogen) atoms. The number of halogens is 1. The molecule has 5 nitrogen and oxygen atoms in total. The van der Waals surface area contributed by atoms with Gasteiger partial charge in [0.2, 0.25) is 0 Å². The van der Waals surface area contributed by atoms with Crippen LogP contribution in [0.3, 0.4) is 0 Å². The number of carbonyl (C=O) groups is 2. The highest BCUT2D eigenvalue weighted by molar-refractivity contribution is 6.30. The molecule has 0 unspecified atom stereocenters.